The number of anilines is 1. The van der Waals surface area contributed by atoms with Crippen LogP contribution in [0.2, 0.25) is 0 Å². The molecule has 8 heteroatoms. The summed E-state index contributed by atoms with van der Waals surface area (Å²) in [5, 5.41) is 4.00. The second kappa shape index (κ2) is 6.12. The minimum atomic E-state index is -0.150. The third-order valence-electron chi connectivity index (χ3n) is 4.29. The summed E-state index contributed by atoms with van der Waals surface area (Å²) < 4.78 is 6.98. The lowest BCUT2D eigenvalue weighted by Crippen LogP contribution is -2.32. The fourth-order valence-corrected chi connectivity index (χ4v) is 2.73. The summed E-state index contributed by atoms with van der Waals surface area (Å²) in [6, 6.07) is 3.66. The van der Waals surface area contributed by atoms with Gasteiger partial charge in [-0.15, -0.1) is 0 Å². The van der Waals surface area contributed by atoms with E-state index in [0.717, 1.165) is 18.5 Å². The zero-order valence-electron chi connectivity index (χ0n) is 14.1. The van der Waals surface area contributed by atoms with E-state index in [-0.39, 0.29) is 5.91 Å². The van der Waals surface area contributed by atoms with Crippen LogP contribution < -0.4 is 4.90 Å². The summed E-state index contributed by atoms with van der Waals surface area (Å²) in [6.45, 7) is 2.45. The van der Waals surface area contributed by atoms with E-state index >= 15 is 0 Å². The fraction of sp³-hybridized carbons (Fsp3) is 0.353. The number of carbonyl (C=O) groups excluding carboxylic acids is 1. The van der Waals surface area contributed by atoms with Crippen LogP contribution in [0.25, 0.3) is 11.6 Å². The number of aromatic nitrogens is 5. The van der Waals surface area contributed by atoms with Crippen LogP contribution in [0.5, 0.6) is 0 Å². The number of hydrogen-bond acceptors (Lipinski definition) is 6. The van der Waals surface area contributed by atoms with Gasteiger partial charge in [0.1, 0.15) is 5.69 Å². The van der Waals surface area contributed by atoms with Crippen molar-refractivity contribution in [3.8, 4) is 11.6 Å². The Morgan fingerprint density at radius 1 is 1.40 bits per heavy atom. The number of hydrogen-bond donors (Lipinski definition) is 0. The summed E-state index contributed by atoms with van der Waals surface area (Å²) in [4.78, 5) is 27.4. The molecular weight excluding hydrogens is 320 g/mol. The maximum Gasteiger partial charge on any atom is 0.276 e. The molecular formula is C17H18N6O2. The first-order valence-corrected chi connectivity index (χ1v) is 8.26. The third-order valence-corrected chi connectivity index (χ3v) is 4.29. The first-order valence-electron chi connectivity index (χ1n) is 8.26. The lowest BCUT2D eigenvalue weighted by Gasteiger charge is -2.20. The monoisotopic (exact) mass is 338 g/mol. The van der Waals surface area contributed by atoms with E-state index in [9.17, 15) is 4.79 Å². The van der Waals surface area contributed by atoms with Crippen LogP contribution in [-0.4, -0.2) is 37.1 Å². The Labute approximate surface area is 144 Å². The van der Waals surface area contributed by atoms with Crippen LogP contribution in [0.1, 0.15) is 42.1 Å². The van der Waals surface area contributed by atoms with Gasteiger partial charge in [0.15, 0.2) is 5.82 Å². The van der Waals surface area contributed by atoms with Gasteiger partial charge in [-0.2, -0.15) is 4.98 Å². The molecule has 1 fully saturated rings. The SMILES string of the molecule is CCN(C(=O)c1cnc(-c2noc(C3CC3)n2)n1C)c1cccnc1. The van der Waals surface area contributed by atoms with Crippen molar-refractivity contribution in [1.29, 1.82) is 0 Å². The molecule has 3 aromatic rings. The summed E-state index contributed by atoms with van der Waals surface area (Å²) in [7, 11) is 1.78. The Bertz CT molecular complexity index is 897. The summed E-state index contributed by atoms with van der Waals surface area (Å²) in [6.07, 6.45) is 7.06. The van der Waals surface area contributed by atoms with Crippen molar-refractivity contribution in [1.82, 2.24) is 24.7 Å². The Morgan fingerprint density at radius 3 is 2.92 bits per heavy atom. The number of carbonyl (C=O) groups is 1. The van der Waals surface area contributed by atoms with Gasteiger partial charge < -0.3 is 14.0 Å². The quantitative estimate of drug-likeness (QED) is 0.709. The molecule has 3 aromatic heterocycles. The van der Waals surface area contributed by atoms with Gasteiger partial charge in [-0.3, -0.25) is 9.78 Å². The molecule has 8 nitrogen and oxygen atoms in total. The van der Waals surface area contributed by atoms with Gasteiger partial charge in [0, 0.05) is 25.7 Å². The zero-order valence-corrected chi connectivity index (χ0v) is 14.1. The van der Waals surface area contributed by atoms with Crippen LogP contribution in [0.3, 0.4) is 0 Å². The molecule has 1 amide bonds. The lowest BCUT2D eigenvalue weighted by molar-refractivity contribution is 0.0980. The predicted octanol–water partition coefficient (Wildman–Crippen LogP) is 2.41. The highest BCUT2D eigenvalue weighted by Gasteiger charge is 2.31. The molecule has 1 saturated carbocycles. The molecule has 128 valence electrons. The Hall–Kier alpha value is -3.03. The Morgan fingerprint density at radius 2 is 2.24 bits per heavy atom. The van der Waals surface area contributed by atoms with Crippen LogP contribution >= 0.6 is 0 Å². The highest BCUT2D eigenvalue weighted by atomic mass is 16.5. The second-order valence-electron chi connectivity index (χ2n) is 6.02. The van der Waals surface area contributed by atoms with Crippen molar-refractivity contribution in [3.63, 3.8) is 0 Å². The van der Waals surface area contributed by atoms with Crippen LogP contribution in [0.4, 0.5) is 5.69 Å². The summed E-state index contributed by atoms with van der Waals surface area (Å²) in [5.41, 5.74) is 1.20. The molecule has 0 aliphatic heterocycles. The zero-order chi connectivity index (χ0) is 17.4. The van der Waals surface area contributed by atoms with E-state index in [4.69, 9.17) is 4.52 Å². The molecule has 0 N–H and O–H groups in total. The molecule has 0 aromatic carbocycles. The van der Waals surface area contributed by atoms with Gasteiger partial charge in [0.2, 0.25) is 11.7 Å². The highest BCUT2D eigenvalue weighted by Crippen LogP contribution is 2.39. The molecule has 25 heavy (non-hydrogen) atoms. The molecule has 0 atom stereocenters. The standard InChI is InChI=1S/C17H18N6O2/c1-3-23(12-5-4-8-18-9-12)17(24)13-10-19-15(22(13)2)14-20-16(25-21-14)11-6-7-11/h4-5,8-11H,3,6-7H2,1-2H3. The van der Waals surface area contributed by atoms with E-state index in [1.165, 1.54) is 0 Å². The van der Waals surface area contributed by atoms with Crippen molar-refractivity contribution < 1.29 is 9.32 Å². The van der Waals surface area contributed by atoms with Gasteiger partial charge in [-0.05, 0) is 31.9 Å². The van der Waals surface area contributed by atoms with Gasteiger partial charge in [0.05, 0.1) is 18.1 Å². The normalized spacial score (nSPS) is 13.8. The Kier molecular flexibility index (Phi) is 3.79. The smallest absolute Gasteiger partial charge is 0.276 e. The minimum Gasteiger partial charge on any atom is -0.339 e. The lowest BCUT2D eigenvalue weighted by atomic mass is 10.3. The van der Waals surface area contributed by atoms with E-state index in [2.05, 4.69) is 20.1 Å². The average molecular weight is 338 g/mol. The largest absolute Gasteiger partial charge is 0.339 e. The van der Waals surface area contributed by atoms with Crippen LogP contribution in [0, 0.1) is 0 Å². The van der Waals surface area contributed by atoms with Gasteiger partial charge in [-0.1, -0.05) is 5.16 Å². The first kappa shape index (κ1) is 15.5. The van der Waals surface area contributed by atoms with Crippen LogP contribution in [-0.2, 0) is 7.05 Å². The maximum absolute atomic E-state index is 12.9. The predicted molar refractivity (Wildman–Crippen MR) is 90.1 cm³/mol. The summed E-state index contributed by atoms with van der Waals surface area (Å²) in [5.74, 6) is 1.80. The highest BCUT2D eigenvalue weighted by molar-refractivity contribution is 6.05. The number of pyridine rings is 1. The summed E-state index contributed by atoms with van der Waals surface area (Å²) >= 11 is 0. The molecule has 0 spiro atoms. The minimum absolute atomic E-state index is 0.150. The molecule has 0 bridgehead atoms. The van der Waals surface area contributed by atoms with Crippen LogP contribution in [0.15, 0.2) is 35.2 Å². The van der Waals surface area contributed by atoms with Crippen molar-refractivity contribution in [2.24, 2.45) is 7.05 Å². The van der Waals surface area contributed by atoms with Crippen molar-refractivity contribution in [3.05, 3.63) is 42.3 Å². The van der Waals surface area contributed by atoms with Gasteiger partial charge >= 0.3 is 0 Å². The van der Waals surface area contributed by atoms with Crippen molar-refractivity contribution in [2.45, 2.75) is 25.7 Å². The number of rotatable bonds is 5. The van der Waals surface area contributed by atoms with E-state index in [1.807, 2.05) is 13.0 Å². The molecule has 0 radical (unpaired) electrons. The first-order chi connectivity index (χ1) is 12.2. The van der Waals surface area contributed by atoms with E-state index < -0.39 is 0 Å². The van der Waals surface area contributed by atoms with Gasteiger partial charge in [0.25, 0.3) is 5.91 Å². The van der Waals surface area contributed by atoms with E-state index in [0.29, 0.717) is 35.7 Å². The fourth-order valence-electron chi connectivity index (χ4n) is 2.73. The second-order valence-corrected chi connectivity index (χ2v) is 6.02. The van der Waals surface area contributed by atoms with E-state index in [1.54, 1.807) is 41.2 Å². The average Bonchev–Trinajstić information content (AvgIpc) is 3.24. The molecule has 1 aliphatic carbocycles. The number of amides is 1. The number of imidazole rings is 1. The van der Waals surface area contributed by atoms with Gasteiger partial charge in [-0.25, -0.2) is 4.98 Å². The maximum atomic E-state index is 12.9. The molecule has 3 heterocycles. The molecule has 0 unspecified atom stereocenters. The molecule has 1 aliphatic rings. The number of nitrogens with zero attached hydrogens (tertiary/aromatic N) is 6. The van der Waals surface area contributed by atoms with Crippen molar-refractivity contribution >= 4 is 11.6 Å². The third kappa shape index (κ3) is 2.79. The van der Waals surface area contributed by atoms with Crippen molar-refractivity contribution in [2.75, 3.05) is 11.4 Å². The topological polar surface area (TPSA) is 89.9 Å². The molecule has 0 saturated heterocycles. The Balaban J connectivity index is 1.64. The molecule has 4 rings (SSSR count).